The van der Waals surface area contributed by atoms with Crippen LogP contribution in [0.2, 0.25) is 0 Å². The maximum absolute atomic E-state index is 3.65. The molecular weight excluding hydrogens is 278 g/mol. The standard InChI is InChI=1S/C22H25N/c1-13-9-15(3)21(16(4)10-13)19-7-8-20(23-19)22-17(5)11-14(2)12-18(22)6/h7-12,23H,1-6H3. The summed E-state index contributed by atoms with van der Waals surface area (Å²) in [4.78, 5) is 3.65. The Kier molecular flexibility index (Phi) is 3.89. The first-order valence-corrected chi connectivity index (χ1v) is 8.22. The van der Waals surface area contributed by atoms with E-state index in [1.807, 2.05) is 0 Å². The fraction of sp³-hybridized carbons (Fsp3) is 0.273. The lowest BCUT2D eigenvalue weighted by Crippen LogP contribution is -1.92. The van der Waals surface area contributed by atoms with Gasteiger partial charge in [-0.15, -0.1) is 0 Å². The maximum Gasteiger partial charge on any atom is 0.0464 e. The largest absolute Gasteiger partial charge is 0.355 e. The van der Waals surface area contributed by atoms with Gasteiger partial charge in [-0.1, -0.05) is 35.4 Å². The number of aromatic nitrogens is 1. The van der Waals surface area contributed by atoms with Crippen LogP contribution >= 0.6 is 0 Å². The van der Waals surface area contributed by atoms with Crippen LogP contribution in [0.4, 0.5) is 0 Å². The molecule has 0 amide bonds. The molecule has 1 heterocycles. The normalized spacial score (nSPS) is 11.0. The molecule has 3 rings (SSSR count). The first-order chi connectivity index (χ1) is 10.9. The van der Waals surface area contributed by atoms with Crippen molar-refractivity contribution in [1.82, 2.24) is 4.98 Å². The van der Waals surface area contributed by atoms with Gasteiger partial charge in [-0.05, 0) is 75.9 Å². The van der Waals surface area contributed by atoms with E-state index in [1.165, 1.54) is 55.9 Å². The number of hydrogen-bond donors (Lipinski definition) is 1. The quantitative estimate of drug-likeness (QED) is 0.580. The predicted octanol–water partition coefficient (Wildman–Crippen LogP) is 6.20. The third-order valence-corrected chi connectivity index (χ3v) is 4.58. The SMILES string of the molecule is Cc1cc(C)c(-c2ccc(-c3c(C)cc(C)cc3C)[nH]2)c(C)c1. The number of aromatic amines is 1. The highest BCUT2D eigenvalue weighted by Crippen LogP contribution is 2.33. The summed E-state index contributed by atoms with van der Waals surface area (Å²) in [5, 5.41) is 0. The third-order valence-electron chi connectivity index (χ3n) is 4.58. The van der Waals surface area contributed by atoms with Crippen LogP contribution in [0.1, 0.15) is 33.4 Å². The first kappa shape index (κ1) is 15.6. The van der Waals surface area contributed by atoms with Gasteiger partial charge in [0.25, 0.3) is 0 Å². The van der Waals surface area contributed by atoms with E-state index in [0.29, 0.717) is 0 Å². The van der Waals surface area contributed by atoms with Crippen molar-refractivity contribution in [3.05, 3.63) is 69.8 Å². The van der Waals surface area contributed by atoms with Gasteiger partial charge in [0.2, 0.25) is 0 Å². The zero-order chi connectivity index (χ0) is 16.7. The van der Waals surface area contributed by atoms with Crippen LogP contribution in [0.3, 0.4) is 0 Å². The fourth-order valence-electron chi connectivity index (χ4n) is 3.90. The van der Waals surface area contributed by atoms with Crippen molar-refractivity contribution in [2.45, 2.75) is 41.5 Å². The van der Waals surface area contributed by atoms with Crippen LogP contribution in [-0.4, -0.2) is 4.98 Å². The molecule has 0 bridgehead atoms. The molecule has 23 heavy (non-hydrogen) atoms. The number of aryl methyl sites for hydroxylation is 6. The molecule has 2 aromatic carbocycles. The second-order valence-electron chi connectivity index (χ2n) is 6.83. The van der Waals surface area contributed by atoms with E-state index in [1.54, 1.807) is 0 Å². The number of hydrogen-bond acceptors (Lipinski definition) is 0. The van der Waals surface area contributed by atoms with Crippen LogP contribution in [-0.2, 0) is 0 Å². The number of H-pyrrole nitrogens is 1. The Morgan fingerprint density at radius 1 is 0.522 bits per heavy atom. The van der Waals surface area contributed by atoms with Gasteiger partial charge in [0, 0.05) is 22.5 Å². The third kappa shape index (κ3) is 2.84. The summed E-state index contributed by atoms with van der Waals surface area (Å²) in [6, 6.07) is 13.4. The van der Waals surface area contributed by atoms with E-state index < -0.39 is 0 Å². The average molecular weight is 303 g/mol. The van der Waals surface area contributed by atoms with Crippen LogP contribution in [0.5, 0.6) is 0 Å². The lowest BCUT2D eigenvalue weighted by Gasteiger charge is -2.12. The molecule has 0 saturated carbocycles. The molecular formula is C22H25N. The van der Waals surface area contributed by atoms with Crippen molar-refractivity contribution < 1.29 is 0 Å². The average Bonchev–Trinajstić information content (AvgIpc) is 2.85. The minimum absolute atomic E-state index is 1.20. The summed E-state index contributed by atoms with van der Waals surface area (Å²) in [7, 11) is 0. The zero-order valence-electron chi connectivity index (χ0n) is 15.0. The molecule has 0 aliphatic carbocycles. The van der Waals surface area contributed by atoms with Gasteiger partial charge < -0.3 is 4.98 Å². The van der Waals surface area contributed by atoms with Crippen molar-refractivity contribution in [2.24, 2.45) is 0 Å². The Morgan fingerprint density at radius 2 is 0.826 bits per heavy atom. The molecule has 1 heteroatoms. The zero-order valence-corrected chi connectivity index (χ0v) is 15.0. The van der Waals surface area contributed by atoms with Crippen molar-refractivity contribution >= 4 is 0 Å². The fourth-order valence-corrected chi connectivity index (χ4v) is 3.90. The van der Waals surface area contributed by atoms with Crippen LogP contribution in [0, 0.1) is 41.5 Å². The molecule has 118 valence electrons. The lowest BCUT2D eigenvalue weighted by atomic mass is 9.97. The molecule has 0 atom stereocenters. The molecule has 0 saturated heterocycles. The van der Waals surface area contributed by atoms with E-state index in [-0.39, 0.29) is 0 Å². The number of nitrogens with one attached hydrogen (secondary N) is 1. The van der Waals surface area contributed by atoms with Crippen LogP contribution < -0.4 is 0 Å². The second kappa shape index (κ2) is 5.73. The van der Waals surface area contributed by atoms with Crippen LogP contribution in [0.15, 0.2) is 36.4 Å². The van der Waals surface area contributed by atoms with Crippen LogP contribution in [0.25, 0.3) is 22.5 Å². The molecule has 1 N–H and O–H groups in total. The van der Waals surface area contributed by atoms with Gasteiger partial charge in [-0.3, -0.25) is 0 Å². The smallest absolute Gasteiger partial charge is 0.0464 e. The van der Waals surface area contributed by atoms with Crippen molar-refractivity contribution in [2.75, 3.05) is 0 Å². The van der Waals surface area contributed by atoms with E-state index in [4.69, 9.17) is 0 Å². The minimum atomic E-state index is 1.20. The molecule has 0 spiro atoms. The van der Waals surface area contributed by atoms with Gasteiger partial charge >= 0.3 is 0 Å². The molecule has 0 unspecified atom stereocenters. The molecule has 0 fully saturated rings. The summed E-state index contributed by atoms with van der Waals surface area (Å²) >= 11 is 0. The molecule has 1 nitrogen and oxygen atoms in total. The van der Waals surface area contributed by atoms with Gasteiger partial charge in [0.1, 0.15) is 0 Å². The van der Waals surface area contributed by atoms with E-state index in [9.17, 15) is 0 Å². The van der Waals surface area contributed by atoms with E-state index in [0.717, 1.165) is 0 Å². The molecule has 0 aliphatic heterocycles. The van der Waals surface area contributed by atoms with Gasteiger partial charge in [-0.25, -0.2) is 0 Å². The Labute approximate surface area is 139 Å². The van der Waals surface area contributed by atoms with Crippen molar-refractivity contribution in [3.8, 4) is 22.5 Å². The minimum Gasteiger partial charge on any atom is -0.355 e. The lowest BCUT2D eigenvalue weighted by molar-refractivity contribution is 1.27. The van der Waals surface area contributed by atoms with Gasteiger partial charge in [-0.2, -0.15) is 0 Å². The van der Waals surface area contributed by atoms with Crippen molar-refractivity contribution in [3.63, 3.8) is 0 Å². The topological polar surface area (TPSA) is 15.8 Å². The maximum atomic E-state index is 3.65. The summed E-state index contributed by atoms with van der Waals surface area (Å²) in [6.07, 6.45) is 0. The van der Waals surface area contributed by atoms with Crippen molar-refractivity contribution in [1.29, 1.82) is 0 Å². The van der Waals surface area contributed by atoms with E-state index in [2.05, 4.69) is 82.9 Å². The summed E-state index contributed by atoms with van der Waals surface area (Å²) in [5.74, 6) is 0. The Hall–Kier alpha value is -2.28. The highest BCUT2D eigenvalue weighted by molar-refractivity contribution is 5.75. The number of rotatable bonds is 2. The molecule has 0 radical (unpaired) electrons. The Morgan fingerprint density at radius 3 is 1.13 bits per heavy atom. The predicted molar refractivity (Wildman–Crippen MR) is 100 cm³/mol. The first-order valence-electron chi connectivity index (χ1n) is 8.22. The Balaban J connectivity index is 2.13. The van der Waals surface area contributed by atoms with Gasteiger partial charge in [0.15, 0.2) is 0 Å². The second-order valence-corrected chi connectivity index (χ2v) is 6.83. The van der Waals surface area contributed by atoms with E-state index >= 15 is 0 Å². The number of benzene rings is 2. The molecule has 3 aromatic rings. The highest BCUT2D eigenvalue weighted by Gasteiger charge is 2.12. The summed E-state index contributed by atoms with van der Waals surface area (Å²) in [6.45, 7) is 13.1. The monoisotopic (exact) mass is 303 g/mol. The molecule has 0 aliphatic rings. The summed E-state index contributed by atoms with van der Waals surface area (Å²) < 4.78 is 0. The molecule has 1 aromatic heterocycles. The summed E-state index contributed by atoms with van der Waals surface area (Å²) in [5.41, 5.74) is 13.0. The van der Waals surface area contributed by atoms with Gasteiger partial charge in [0.05, 0.1) is 0 Å². The highest BCUT2D eigenvalue weighted by atomic mass is 14.7. The Bertz CT molecular complexity index is 763.